The molecule has 1 aliphatic rings. The van der Waals surface area contributed by atoms with Gasteiger partial charge in [0.1, 0.15) is 0 Å². The summed E-state index contributed by atoms with van der Waals surface area (Å²) in [5.41, 5.74) is -0.0983. The van der Waals surface area contributed by atoms with E-state index in [4.69, 9.17) is 4.74 Å². The second kappa shape index (κ2) is 8.51. The van der Waals surface area contributed by atoms with Gasteiger partial charge in [0.2, 0.25) is 5.91 Å². The Morgan fingerprint density at radius 3 is 2.47 bits per heavy atom. The van der Waals surface area contributed by atoms with Crippen molar-refractivity contribution >= 4 is 5.91 Å². The third-order valence-electron chi connectivity index (χ3n) is 4.21. The molecule has 0 bridgehead atoms. The van der Waals surface area contributed by atoms with E-state index in [0.717, 1.165) is 38.9 Å². The number of carbonyl (C=O) groups is 1. The molecular formula is C14H28N2O3. The van der Waals surface area contributed by atoms with Crippen molar-refractivity contribution in [1.29, 1.82) is 0 Å². The van der Waals surface area contributed by atoms with Crippen molar-refractivity contribution in [2.75, 3.05) is 32.9 Å². The molecule has 112 valence electrons. The van der Waals surface area contributed by atoms with Crippen LogP contribution in [-0.4, -0.2) is 50.0 Å². The SMILES string of the molecule is CCC(CC)(CO)CNCC(=O)NC1CCOCC1. The number of aliphatic hydroxyl groups is 1. The van der Waals surface area contributed by atoms with Crippen LogP contribution in [0.2, 0.25) is 0 Å². The van der Waals surface area contributed by atoms with E-state index in [1.165, 1.54) is 0 Å². The molecule has 1 heterocycles. The molecule has 3 N–H and O–H groups in total. The van der Waals surface area contributed by atoms with E-state index in [2.05, 4.69) is 24.5 Å². The predicted octanol–water partition coefficient (Wildman–Crippen LogP) is 0.670. The summed E-state index contributed by atoms with van der Waals surface area (Å²) in [4.78, 5) is 11.8. The van der Waals surface area contributed by atoms with Gasteiger partial charge >= 0.3 is 0 Å². The van der Waals surface area contributed by atoms with Gasteiger partial charge in [0.05, 0.1) is 6.54 Å². The molecule has 1 fully saturated rings. The van der Waals surface area contributed by atoms with E-state index in [-0.39, 0.29) is 24.0 Å². The quantitative estimate of drug-likeness (QED) is 0.607. The Kier molecular flexibility index (Phi) is 7.34. The highest BCUT2D eigenvalue weighted by atomic mass is 16.5. The van der Waals surface area contributed by atoms with E-state index < -0.39 is 0 Å². The summed E-state index contributed by atoms with van der Waals surface area (Å²) in [6.07, 6.45) is 3.62. The summed E-state index contributed by atoms with van der Waals surface area (Å²) in [6.45, 7) is 6.77. The fraction of sp³-hybridized carbons (Fsp3) is 0.929. The van der Waals surface area contributed by atoms with Crippen LogP contribution in [0.25, 0.3) is 0 Å². The van der Waals surface area contributed by atoms with Crippen LogP contribution in [0.3, 0.4) is 0 Å². The van der Waals surface area contributed by atoms with Gasteiger partial charge in [-0.2, -0.15) is 0 Å². The molecule has 0 spiro atoms. The van der Waals surface area contributed by atoms with Gasteiger partial charge in [0.15, 0.2) is 0 Å². The zero-order valence-electron chi connectivity index (χ0n) is 12.2. The highest BCUT2D eigenvalue weighted by molar-refractivity contribution is 5.78. The summed E-state index contributed by atoms with van der Waals surface area (Å²) in [5, 5.41) is 15.6. The number of aliphatic hydroxyl groups excluding tert-OH is 1. The van der Waals surface area contributed by atoms with E-state index in [1.807, 2.05) is 0 Å². The molecule has 0 unspecified atom stereocenters. The summed E-state index contributed by atoms with van der Waals surface area (Å²) >= 11 is 0. The molecule has 5 heteroatoms. The van der Waals surface area contributed by atoms with Crippen molar-refractivity contribution in [1.82, 2.24) is 10.6 Å². The molecule has 0 radical (unpaired) electrons. The van der Waals surface area contributed by atoms with Crippen LogP contribution in [0.5, 0.6) is 0 Å². The molecule has 1 saturated heterocycles. The maximum Gasteiger partial charge on any atom is 0.234 e. The van der Waals surface area contributed by atoms with Gasteiger partial charge in [-0.15, -0.1) is 0 Å². The highest BCUT2D eigenvalue weighted by Gasteiger charge is 2.25. The average molecular weight is 272 g/mol. The molecule has 1 amide bonds. The van der Waals surface area contributed by atoms with Crippen LogP contribution in [0.15, 0.2) is 0 Å². The van der Waals surface area contributed by atoms with Gasteiger partial charge < -0.3 is 20.5 Å². The fourth-order valence-corrected chi connectivity index (χ4v) is 2.34. The van der Waals surface area contributed by atoms with Gasteiger partial charge in [-0.3, -0.25) is 4.79 Å². The fourth-order valence-electron chi connectivity index (χ4n) is 2.34. The lowest BCUT2D eigenvalue weighted by Crippen LogP contribution is -2.45. The Morgan fingerprint density at radius 1 is 1.32 bits per heavy atom. The number of hydrogen-bond donors (Lipinski definition) is 3. The zero-order chi connectivity index (χ0) is 14.1. The van der Waals surface area contributed by atoms with E-state index >= 15 is 0 Å². The number of hydrogen-bond acceptors (Lipinski definition) is 4. The van der Waals surface area contributed by atoms with Gasteiger partial charge in [-0.1, -0.05) is 13.8 Å². The molecule has 0 aromatic rings. The lowest BCUT2D eigenvalue weighted by Gasteiger charge is -2.29. The molecule has 0 saturated carbocycles. The van der Waals surface area contributed by atoms with Gasteiger partial charge in [0, 0.05) is 37.8 Å². The van der Waals surface area contributed by atoms with Crippen molar-refractivity contribution in [3.05, 3.63) is 0 Å². The first-order valence-electron chi connectivity index (χ1n) is 7.34. The van der Waals surface area contributed by atoms with E-state index in [0.29, 0.717) is 13.1 Å². The van der Waals surface area contributed by atoms with Crippen molar-refractivity contribution in [3.8, 4) is 0 Å². The van der Waals surface area contributed by atoms with Crippen molar-refractivity contribution < 1.29 is 14.6 Å². The second-order valence-electron chi connectivity index (χ2n) is 5.42. The first-order chi connectivity index (χ1) is 9.15. The van der Waals surface area contributed by atoms with Crippen molar-refractivity contribution in [2.45, 2.75) is 45.6 Å². The van der Waals surface area contributed by atoms with Crippen LogP contribution in [0.4, 0.5) is 0 Å². The third-order valence-corrected chi connectivity index (χ3v) is 4.21. The first-order valence-corrected chi connectivity index (χ1v) is 7.34. The van der Waals surface area contributed by atoms with Crippen LogP contribution in [-0.2, 0) is 9.53 Å². The predicted molar refractivity (Wildman–Crippen MR) is 75.0 cm³/mol. The molecule has 1 rings (SSSR count). The Hall–Kier alpha value is -0.650. The second-order valence-corrected chi connectivity index (χ2v) is 5.42. The first kappa shape index (κ1) is 16.4. The number of nitrogens with one attached hydrogen (secondary N) is 2. The van der Waals surface area contributed by atoms with Gasteiger partial charge in [-0.25, -0.2) is 0 Å². The summed E-state index contributed by atoms with van der Waals surface area (Å²) in [6, 6.07) is 0.253. The van der Waals surface area contributed by atoms with Crippen molar-refractivity contribution in [3.63, 3.8) is 0 Å². The Bertz CT molecular complexity index is 253. The monoisotopic (exact) mass is 272 g/mol. The van der Waals surface area contributed by atoms with Crippen LogP contribution >= 0.6 is 0 Å². The lowest BCUT2D eigenvalue weighted by molar-refractivity contribution is -0.121. The molecule has 0 atom stereocenters. The Balaban J connectivity index is 2.22. The number of amides is 1. The Morgan fingerprint density at radius 2 is 1.95 bits per heavy atom. The Labute approximate surface area is 116 Å². The molecule has 0 aliphatic carbocycles. The highest BCUT2D eigenvalue weighted by Crippen LogP contribution is 2.24. The van der Waals surface area contributed by atoms with E-state index in [1.54, 1.807) is 0 Å². The smallest absolute Gasteiger partial charge is 0.234 e. The minimum absolute atomic E-state index is 0.0333. The van der Waals surface area contributed by atoms with Crippen LogP contribution in [0, 0.1) is 5.41 Å². The number of carbonyl (C=O) groups excluding carboxylic acids is 1. The minimum atomic E-state index is -0.0983. The summed E-state index contributed by atoms with van der Waals surface area (Å²) in [5.74, 6) is 0.0333. The molecule has 5 nitrogen and oxygen atoms in total. The largest absolute Gasteiger partial charge is 0.396 e. The molecule has 0 aromatic carbocycles. The van der Waals surface area contributed by atoms with Gasteiger partial charge in [-0.05, 0) is 25.7 Å². The van der Waals surface area contributed by atoms with Crippen molar-refractivity contribution in [2.24, 2.45) is 5.41 Å². The third kappa shape index (κ3) is 5.47. The normalized spacial score (nSPS) is 17.4. The van der Waals surface area contributed by atoms with Gasteiger partial charge in [0.25, 0.3) is 0 Å². The summed E-state index contributed by atoms with van der Waals surface area (Å²) in [7, 11) is 0. The maximum atomic E-state index is 11.8. The standard InChI is InChI=1S/C14H28N2O3/c1-3-14(4-2,11-17)10-15-9-13(18)16-12-5-7-19-8-6-12/h12,15,17H,3-11H2,1-2H3,(H,16,18). The zero-order valence-corrected chi connectivity index (χ0v) is 12.2. The average Bonchev–Trinajstić information content (AvgIpc) is 2.45. The molecular weight excluding hydrogens is 244 g/mol. The van der Waals surface area contributed by atoms with E-state index in [9.17, 15) is 9.90 Å². The molecule has 1 aliphatic heterocycles. The lowest BCUT2D eigenvalue weighted by atomic mass is 9.83. The van der Waals surface area contributed by atoms with Crippen LogP contribution in [0.1, 0.15) is 39.5 Å². The number of rotatable bonds is 8. The molecule has 0 aromatic heterocycles. The maximum absolute atomic E-state index is 11.8. The molecule has 19 heavy (non-hydrogen) atoms. The van der Waals surface area contributed by atoms with Crippen LogP contribution < -0.4 is 10.6 Å². The number of ether oxygens (including phenoxy) is 1. The minimum Gasteiger partial charge on any atom is -0.396 e. The summed E-state index contributed by atoms with van der Waals surface area (Å²) < 4.78 is 5.26. The topological polar surface area (TPSA) is 70.6 Å².